The molecule has 6 rings (SSSR count). The van der Waals surface area contributed by atoms with Crippen molar-refractivity contribution in [3.63, 3.8) is 0 Å². The molecule has 1 atom stereocenters. The fourth-order valence-corrected chi connectivity index (χ4v) is 5.22. The van der Waals surface area contributed by atoms with Crippen LogP contribution in [-0.2, 0) is 9.59 Å². The molecule has 1 saturated heterocycles. The van der Waals surface area contributed by atoms with Gasteiger partial charge in [0.05, 0.1) is 12.1 Å². The van der Waals surface area contributed by atoms with E-state index in [1.165, 1.54) is 0 Å². The molecule has 1 amide bonds. The van der Waals surface area contributed by atoms with Crippen LogP contribution in [0.4, 0.5) is 17.1 Å². The summed E-state index contributed by atoms with van der Waals surface area (Å²) in [6, 6.07) is 23.7. The number of fused-ring (bicyclic) bond motifs is 1. The molecule has 206 valence electrons. The maximum Gasteiger partial charge on any atom is 0.317 e. The molecule has 2 aliphatic rings. The summed E-state index contributed by atoms with van der Waals surface area (Å²) in [6.07, 6.45) is 3.12. The highest BCUT2D eigenvalue weighted by Gasteiger charge is 2.29. The zero-order valence-corrected chi connectivity index (χ0v) is 22.2. The van der Waals surface area contributed by atoms with Gasteiger partial charge >= 0.3 is 5.97 Å². The molecule has 1 aromatic heterocycles. The van der Waals surface area contributed by atoms with Crippen molar-refractivity contribution < 1.29 is 19.8 Å². The molecule has 0 bridgehead atoms. The molecular formula is C31H33N5O4. The largest absolute Gasteiger partial charge is 0.480 e. The number of hydrogen-bond donors (Lipinski definition) is 4. The summed E-state index contributed by atoms with van der Waals surface area (Å²) in [5.74, 6) is -0.518. The summed E-state index contributed by atoms with van der Waals surface area (Å²) in [4.78, 5) is 27.1. The number of aliphatic hydroxyl groups excluding tert-OH is 1. The van der Waals surface area contributed by atoms with E-state index in [0.29, 0.717) is 13.1 Å². The first kappa shape index (κ1) is 25.9. The van der Waals surface area contributed by atoms with Crippen molar-refractivity contribution in [1.82, 2.24) is 9.47 Å². The van der Waals surface area contributed by atoms with Crippen molar-refractivity contribution in [2.45, 2.75) is 19.1 Å². The first-order valence-electron chi connectivity index (χ1n) is 13.7. The van der Waals surface area contributed by atoms with Crippen LogP contribution in [0.2, 0.25) is 0 Å². The lowest BCUT2D eigenvalue weighted by Gasteiger charge is -2.35. The molecule has 1 aliphatic carbocycles. The highest BCUT2D eigenvalue weighted by Crippen LogP contribution is 2.31. The van der Waals surface area contributed by atoms with E-state index in [1.807, 2.05) is 83.9 Å². The Balaban J connectivity index is 1.08. The van der Waals surface area contributed by atoms with Crippen LogP contribution in [0.1, 0.15) is 24.6 Å². The summed E-state index contributed by atoms with van der Waals surface area (Å²) in [5, 5.41) is 27.1. The van der Waals surface area contributed by atoms with Gasteiger partial charge in [-0.2, -0.15) is 0 Å². The van der Waals surface area contributed by atoms with Gasteiger partial charge in [0.15, 0.2) is 6.23 Å². The Kier molecular flexibility index (Phi) is 7.15. The third-order valence-corrected chi connectivity index (χ3v) is 7.66. The van der Waals surface area contributed by atoms with Crippen LogP contribution < -0.4 is 15.5 Å². The number of carboxylic acid groups (broad SMARTS) is 1. The van der Waals surface area contributed by atoms with Gasteiger partial charge in [0, 0.05) is 72.0 Å². The van der Waals surface area contributed by atoms with Crippen LogP contribution in [0.15, 0.2) is 79.0 Å². The number of benzene rings is 3. The highest BCUT2D eigenvalue weighted by molar-refractivity contribution is 5.94. The SMILES string of the molecule is O=C(O)CN1CCN(c2ccc(C(O)Nc3ccc4c(ccn4-c4ccc(NC(=O)C5CC5)cc4)c3)cc2)CC1. The van der Waals surface area contributed by atoms with Gasteiger partial charge in [-0.15, -0.1) is 0 Å². The monoisotopic (exact) mass is 539 g/mol. The van der Waals surface area contributed by atoms with E-state index in [2.05, 4.69) is 20.1 Å². The molecule has 9 heteroatoms. The second-order valence-electron chi connectivity index (χ2n) is 10.6. The fourth-order valence-electron chi connectivity index (χ4n) is 5.22. The van der Waals surface area contributed by atoms with Gasteiger partial charge in [-0.3, -0.25) is 14.5 Å². The smallest absolute Gasteiger partial charge is 0.317 e. The molecule has 2 heterocycles. The Morgan fingerprint density at radius 1 is 0.850 bits per heavy atom. The Morgan fingerprint density at radius 3 is 2.20 bits per heavy atom. The molecule has 1 unspecified atom stereocenters. The van der Waals surface area contributed by atoms with Crippen LogP contribution in [0.3, 0.4) is 0 Å². The number of rotatable bonds is 9. The van der Waals surface area contributed by atoms with Gasteiger partial charge in [-0.05, 0) is 73.5 Å². The van der Waals surface area contributed by atoms with Gasteiger partial charge < -0.3 is 30.3 Å². The third kappa shape index (κ3) is 5.80. The Labute approximate surface area is 232 Å². The first-order chi connectivity index (χ1) is 19.4. The summed E-state index contributed by atoms with van der Waals surface area (Å²) in [5.41, 5.74) is 5.50. The molecule has 1 saturated carbocycles. The zero-order valence-electron chi connectivity index (χ0n) is 22.2. The number of piperazine rings is 1. The molecule has 4 aromatic rings. The predicted octanol–water partition coefficient (Wildman–Crippen LogP) is 4.29. The van der Waals surface area contributed by atoms with Crippen LogP contribution in [0.25, 0.3) is 16.6 Å². The number of anilines is 3. The third-order valence-electron chi connectivity index (χ3n) is 7.66. The van der Waals surface area contributed by atoms with Crippen molar-refractivity contribution in [3.05, 3.63) is 84.6 Å². The van der Waals surface area contributed by atoms with Crippen molar-refractivity contribution in [2.24, 2.45) is 5.92 Å². The van der Waals surface area contributed by atoms with Gasteiger partial charge in [0.1, 0.15) is 0 Å². The van der Waals surface area contributed by atoms with E-state index >= 15 is 0 Å². The Bertz CT molecular complexity index is 1500. The van der Waals surface area contributed by atoms with Crippen LogP contribution in [0, 0.1) is 5.92 Å². The summed E-state index contributed by atoms with van der Waals surface area (Å²) in [7, 11) is 0. The number of aliphatic carboxylic acids is 1. The lowest BCUT2D eigenvalue weighted by atomic mass is 10.1. The number of carbonyl (C=O) groups is 2. The van der Waals surface area contributed by atoms with Crippen molar-refractivity contribution in [2.75, 3.05) is 48.3 Å². The predicted molar refractivity (Wildman–Crippen MR) is 156 cm³/mol. The van der Waals surface area contributed by atoms with E-state index in [-0.39, 0.29) is 18.4 Å². The second kappa shape index (κ2) is 11.0. The number of carbonyl (C=O) groups excluding carboxylic acids is 1. The highest BCUT2D eigenvalue weighted by atomic mass is 16.4. The fraction of sp³-hybridized carbons (Fsp3) is 0.290. The number of nitrogens with zero attached hydrogens (tertiary/aromatic N) is 3. The van der Waals surface area contributed by atoms with Crippen LogP contribution >= 0.6 is 0 Å². The number of nitrogens with one attached hydrogen (secondary N) is 2. The molecule has 1 aliphatic heterocycles. The molecule has 2 fully saturated rings. The lowest BCUT2D eigenvalue weighted by Crippen LogP contribution is -2.47. The van der Waals surface area contributed by atoms with Gasteiger partial charge in [0.2, 0.25) is 5.91 Å². The minimum Gasteiger partial charge on any atom is -0.480 e. The number of amides is 1. The molecule has 40 heavy (non-hydrogen) atoms. The van der Waals surface area contributed by atoms with Crippen LogP contribution in [0.5, 0.6) is 0 Å². The van der Waals surface area contributed by atoms with Crippen molar-refractivity contribution >= 4 is 39.8 Å². The molecule has 4 N–H and O–H groups in total. The molecule has 0 radical (unpaired) electrons. The topological polar surface area (TPSA) is 110 Å². The first-order valence-corrected chi connectivity index (χ1v) is 13.7. The molecular weight excluding hydrogens is 506 g/mol. The lowest BCUT2D eigenvalue weighted by molar-refractivity contribution is -0.138. The maximum absolute atomic E-state index is 12.0. The van der Waals surface area contributed by atoms with E-state index in [0.717, 1.165) is 65.1 Å². The molecule has 3 aromatic carbocycles. The Morgan fingerprint density at radius 2 is 1.52 bits per heavy atom. The average molecular weight is 540 g/mol. The van der Waals surface area contributed by atoms with E-state index in [4.69, 9.17) is 5.11 Å². The quantitative estimate of drug-likeness (QED) is 0.235. The number of carboxylic acids is 1. The van der Waals surface area contributed by atoms with Crippen LogP contribution in [-0.4, -0.2) is 64.3 Å². The van der Waals surface area contributed by atoms with E-state index < -0.39 is 12.2 Å². The number of aliphatic hydroxyl groups is 1. The summed E-state index contributed by atoms with van der Waals surface area (Å²) in [6.45, 7) is 3.05. The maximum atomic E-state index is 12.0. The number of hydrogen-bond acceptors (Lipinski definition) is 6. The van der Waals surface area contributed by atoms with Gasteiger partial charge in [0.25, 0.3) is 0 Å². The van der Waals surface area contributed by atoms with Crippen molar-refractivity contribution in [1.29, 1.82) is 0 Å². The number of aromatic nitrogens is 1. The van der Waals surface area contributed by atoms with E-state index in [9.17, 15) is 14.7 Å². The molecule has 9 nitrogen and oxygen atoms in total. The van der Waals surface area contributed by atoms with Gasteiger partial charge in [-0.1, -0.05) is 12.1 Å². The molecule has 0 spiro atoms. The van der Waals surface area contributed by atoms with Crippen molar-refractivity contribution in [3.8, 4) is 5.69 Å². The Hall–Kier alpha value is -4.34. The van der Waals surface area contributed by atoms with E-state index in [1.54, 1.807) is 0 Å². The van der Waals surface area contributed by atoms with Gasteiger partial charge in [-0.25, -0.2) is 0 Å². The normalized spacial score (nSPS) is 16.6. The minimum atomic E-state index is -0.862. The average Bonchev–Trinajstić information content (AvgIpc) is 3.74. The zero-order chi connectivity index (χ0) is 27.6. The summed E-state index contributed by atoms with van der Waals surface area (Å²) < 4.78 is 2.10. The minimum absolute atomic E-state index is 0.0788. The standard InChI is InChI=1S/C31H33N5O4/c37-29(38)20-34-15-17-35(18-16-34)26-8-3-22(4-9-26)31(40)33-25-7-12-28-23(19-25)13-14-36(28)27-10-5-24(6-11-27)32-30(39)21-1-2-21/h3-14,19,21,31,33,40H,1-2,15-18,20H2,(H,32,39)(H,37,38). The second-order valence-corrected chi connectivity index (χ2v) is 10.6. The summed E-state index contributed by atoms with van der Waals surface area (Å²) >= 11 is 0.